The van der Waals surface area contributed by atoms with E-state index in [0.29, 0.717) is 6.42 Å². The minimum Gasteiger partial charge on any atom is -0.544 e. The molecule has 0 aliphatic rings. The zero-order chi connectivity index (χ0) is 26.8. The van der Waals surface area contributed by atoms with Crippen LogP contribution in [0.4, 0.5) is 8.78 Å². The van der Waals surface area contributed by atoms with Crippen molar-refractivity contribution in [3.05, 3.63) is 91.0 Å². The van der Waals surface area contributed by atoms with Gasteiger partial charge in [-0.05, 0) is 63.1 Å². The van der Waals surface area contributed by atoms with E-state index in [-0.39, 0.29) is 17.3 Å². The van der Waals surface area contributed by atoms with Crippen LogP contribution in [0, 0.1) is 5.41 Å². The molecule has 192 valence electrons. The summed E-state index contributed by atoms with van der Waals surface area (Å²) >= 11 is 0. The molecule has 0 N–H and O–H groups in total. The molecule has 1 unspecified atom stereocenters. The van der Waals surface area contributed by atoms with Crippen molar-refractivity contribution in [2.24, 2.45) is 5.41 Å². The van der Waals surface area contributed by atoms with Crippen molar-refractivity contribution in [2.75, 3.05) is 0 Å². The van der Waals surface area contributed by atoms with E-state index in [1.165, 1.54) is 21.6 Å². The minimum atomic E-state index is -4.17. The lowest BCUT2D eigenvalue weighted by Crippen LogP contribution is -2.51. The maximum atomic E-state index is 13.1. The number of halogens is 2. The van der Waals surface area contributed by atoms with Crippen LogP contribution in [-0.4, -0.2) is 24.0 Å². The maximum Gasteiger partial charge on any atom is 0.323 e. The summed E-state index contributed by atoms with van der Waals surface area (Å²) in [4.78, 5) is 25.9. The van der Waals surface area contributed by atoms with Crippen molar-refractivity contribution in [1.82, 2.24) is 0 Å². The van der Waals surface area contributed by atoms with Crippen LogP contribution in [0.25, 0.3) is 0 Å². The van der Waals surface area contributed by atoms with Crippen molar-refractivity contribution < 1.29 is 28.2 Å². The highest BCUT2D eigenvalue weighted by Gasteiger charge is 2.44. The van der Waals surface area contributed by atoms with Gasteiger partial charge in [-0.1, -0.05) is 68.4 Å². The zero-order valence-electron chi connectivity index (χ0n) is 20.9. The van der Waals surface area contributed by atoms with Gasteiger partial charge in [0.05, 0.1) is 16.3 Å². The molecule has 3 aromatic rings. The highest BCUT2D eigenvalue weighted by Crippen LogP contribution is 2.31. The van der Waals surface area contributed by atoms with Gasteiger partial charge >= 0.3 is 11.9 Å². The van der Waals surface area contributed by atoms with Gasteiger partial charge in [-0.15, -0.1) is 0 Å². The lowest BCUT2D eigenvalue weighted by Gasteiger charge is -2.30. The molecule has 0 aliphatic carbocycles. The van der Waals surface area contributed by atoms with E-state index >= 15 is 0 Å². The number of esters is 1. The van der Waals surface area contributed by atoms with E-state index in [1.807, 2.05) is 0 Å². The summed E-state index contributed by atoms with van der Waals surface area (Å²) in [6.07, 6.45) is -1.89. The normalized spacial score (nSPS) is 12.3. The van der Waals surface area contributed by atoms with Crippen LogP contribution in [0.3, 0.4) is 0 Å². The summed E-state index contributed by atoms with van der Waals surface area (Å²) in [5.74, 6) is -7.55. The monoisotopic (exact) mass is 514 g/mol. The van der Waals surface area contributed by atoms with Gasteiger partial charge in [0.1, 0.15) is 5.97 Å². The first-order chi connectivity index (χ1) is 17.0. The molecule has 4 nitrogen and oxygen atoms in total. The number of hydrogen-bond donors (Lipinski definition) is 0. The summed E-state index contributed by atoms with van der Waals surface area (Å²) in [6.45, 7) is 6.10. The van der Waals surface area contributed by atoms with Crippen molar-refractivity contribution in [3.63, 3.8) is 0 Å². The topological polar surface area (TPSA) is 66.4 Å². The molecule has 0 fully saturated rings. The second-order valence-corrected chi connectivity index (χ2v) is 10.7. The molecule has 0 radical (unpaired) electrons. The number of rotatable bonds is 9. The molecule has 0 saturated heterocycles. The van der Waals surface area contributed by atoms with Crippen LogP contribution in [0.15, 0.2) is 106 Å². The van der Waals surface area contributed by atoms with Gasteiger partial charge in [-0.3, -0.25) is 4.79 Å². The number of carbonyl (C=O) groups is 2. The van der Waals surface area contributed by atoms with E-state index in [4.69, 9.17) is 0 Å². The number of ether oxygens (including phenoxy) is 1. The molecule has 0 bridgehead atoms. The Morgan fingerprint density at radius 2 is 1.17 bits per heavy atom. The SMILES string of the molecule is CCC(OC(=O)C(C)(C)CC)C(F)(F)C(=O)[O-].c1ccc([S+](c2ccccc2)c2ccccc2)cc1. The maximum absolute atomic E-state index is 13.1. The number of alkyl halides is 2. The number of benzene rings is 3. The van der Waals surface area contributed by atoms with Crippen molar-refractivity contribution in [3.8, 4) is 0 Å². The van der Waals surface area contributed by atoms with Crippen LogP contribution in [0.5, 0.6) is 0 Å². The molecule has 0 spiro atoms. The Morgan fingerprint density at radius 3 is 1.44 bits per heavy atom. The van der Waals surface area contributed by atoms with Crippen LogP contribution in [-0.2, 0) is 25.2 Å². The molecule has 3 rings (SSSR count). The molecule has 0 saturated carbocycles. The Kier molecular flexibility index (Phi) is 10.7. The van der Waals surface area contributed by atoms with E-state index in [0.717, 1.165) is 0 Å². The Bertz CT molecular complexity index is 996. The molecule has 0 amide bonds. The number of carboxylic acid groups (broad SMARTS) is 1. The number of carboxylic acids is 1. The molecule has 1 atom stereocenters. The second kappa shape index (κ2) is 13.2. The zero-order valence-corrected chi connectivity index (χ0v) is 21.8. The van der Waals surface area contributed by atoms with E-state index in [1.54, 1.807) is 20.8 Å². The lowest BCUT2D eigenvalue weighted by molar-refractivity contribution is -0.336. The largest absolute Gasteiger partial charge is 0.544 e. The summed E-state index contributed by atoms with van der Waals surface area (Å²) in [5, 5.41) is 10.3. The van der Waals surface area contributed by atoms with Gasteiger partial charge < -0.3 is 14.6 Å². The summed E-state index contributed by atoms with van der Waals surface area (Å²) < 4.78 is 30.8. The Morgan fingerprint density at radius 1 is 0.806 bits per heavy atom. The Labute approximate surface area is 214 Å². The molecular formula is C29H32F2O4S. The van der Waals surface area contributed by atoms with Gasteiger partial charge in [-0.2, -0.15) is 8.78 Å². The average Bonchev–Trinajstić information content (AvgIpc) is 2.89. The molecule has 3 aromatic carbocycles. The quantitative estimate of drug-likeness (QED) is 0.263. The fraction of sp³-hybridized carbons (Fsp3) is 0.310. The number of carbonyl (C=O) groups excluding carboxylic acids is 2. The van der Waals surface area contributed by atoms with Gasteiger partial charge in [-0.25, -0.2) is 0 Å². The van der Waals surface area contributed by atoms with Gasteiger partial charge in [0.2, 0.25) is 0 Å². The van der Waals surface area contributed by atoms with Crippen LogP contribution >= 0.6 is 0 Å². The molecule has 36 heavy (non-hydrogen) atoms. The first-order valence-electron chi connectivity index (χ1n) is 11.7. The predicted molar refractivity (Wildman–Crippen MR) is 136 cm³/mol. The lowest BCUT2D eigenvalue weighted by atomic mass is 9.90. The minimum absolute atomic E-state index is 0.0146. The van der Waals surface area contributed by atoms with Crippen molar-refractivity contribution in [2.45, 2.75) is 67.2 Å². The molecule has 7 heteroatoms. The fourth-order valence-corrected chi connectivity index (χ4v) is 5.16. The Balaban J connectivity index is 0.000000256. The first-order valence-corrected chi connectivity index (χ1v) is 13.0. The van der Waals surface area contributed by atoms with Gasteiger partial charge in [0, 0.05) is 0 Å². The summed E-state index contributed by atoms with van der Waals surface area (Å²) in [6, 6.07) is 32.2. The van der Waals surface area contributed by atoms with Crippen LogP contribution in [0.2, 0.25) is 0 Å². The highest BCUT2D eigenvalue weighted by molar-refractivity contribution is 7.97. The van der Waals surface area contributed by atoms with Crippen molar-refractivity contribution >= 4 is 22.8 Å². The molecule has 0 aliphatic heterocycles. The molecule has 0 aromatic heterocycles. The Hall–Kier alpha value is -3.19. The second-order valence-electron chi connectivity index (χ2n) is 8.70. The van der Waals surface area contributed by atoms with E-state index in [2.05, 4.69) is 95.7 Å². The number of hydrogen-bond acceptors (Lipinski definition) is 4. The highest BCUT2D eigenvalue weighted by atomic mass is 32.2. The van der Waals surface area contributed by atoms with E-state index in [9.17, 15) is 23.5 Å². The standard InChI is InChI=1S/C18H15S.C11H18F2O4/c1-4-10-16(11-5-1)19(17-12-6-2-7-13-17)18-14-8-3-9-15-18;1-5-7(11(12,13)8(14)15)17-9(16)10(3,4)6-2/h1-15H;7H,5-6H2,1-4H3,(H,14,15)/q+1;/p-1. The predicted octanol–water partition coefficient (Wildman–Crippen LogP) is 5.91. The third kappa shape index (κ3) is 7.65. The third-order valence-corrected chi connectivity index (χ3v) is 7.90. The first kappa shape index (κ1) is 29.0. The van der Waals surface area contributed by atoms with Crippen LogP contribution < -0.4 is 5.11 Å². The molecular weight excluding hydrogens is 482 g/mol. The van der Waals surface area contributed by atoms with Crippen LogP contribution in [0.1, 0.15) is 40.5 Å². The average molecular weight is 515 g/mol. The third-order valence-electron chi connectivity index (χ3n) is 5.67. The van der Waals surface area contributed by atoms with Crippen molar-refractivity contribution in [1.29, 1.82) is 0 Å². The number of aliphatic carboxylic acids is 1. The fourth-order valence-electron chi connectivity index (χ4n) is 3.06. The van der Waals surface area contributed by atoms with E-state index < -0.39 is 29.4 Å². The van der Waals surface area contributed by atoms with Gasteiger partial charge in [0.15, 0.2) is 20.8 Å². The smallest absolute Gasteiger partial charge is 0.323 e. The summed E-state index contributed by atoms with van der Waals surface area (Å²) in [5.41, 5.74) is -0.921. The molecule has 0 heterocycles. The van der Waals surface area contributed by atoms with Gasteiger partial charge in [0.25, 0.3) is 0 Å². The summed E-state index contributed by atoms with van der Waals surface area (Å²) in [7, 11) is -0.0146.